The van der Waals surface area contributed by atoms with Crippen molar-refractivity contribution in [2.45, 2.75) is 25.3 Å². The van der Waals surface area contributed by atoms with Crippen molar-refractivity contribution in [2.75, 3.05) is 13.1 Å². The molecule has 1 fully saturated rings. The lowest BCUT2D eigenvalue weighted by Gasteiger charge is -2.32. The highest BCUT2D eigenvalue weighted by Gasteiger charge is 2.25. The summed E-state index contributed by atoms with van der Waals surface area (Å²) in [5.74, 6) is -1.13. The van der Waals surface area contributed by atoms with Crippen LogP contribution in [0.3, 0.4) is 0 Å². The first kappa shape index (κ1) is 19.6. The maximum absolute atomic E-state index is 13.8. The molecule has 0 saturated carbocycles. The van der Waals surface area contributed by atoms with Crippen molar-refractivity contribution < 1.29 is 14.0 Å². The topological polar surface area (TPSA) is 49.4 Å². The molecule has 0 atom stereocenters. The molecule has 3 rings (SSSR count). The van der Waals surface area contributed by atoms with Gasteiger partial charge in [-0.3, -0.25) is 9.59 Å². The van der Waals surface area contributed by atoms with Crippen LogP contribution in [0.4, 0.5) is 4.39 Å². The Morgan fingerprint density at radius 1 is 1.07 bits per heavy atom. The van der Waals surface area contributed by atoms with Crippen molar-refractivity contribution in [3.05, 3.63) is 69.5 Å². The van der Waals surface area contributed by atoms with Gasteiger partial charge in [0.15, 0.2) is 0 Å². The van der Waals surface area contributed by atoms with E-state index in [0.717, 1.165) is 5.56 Å². The van der Waals surface area contributed by atoms with E-state index in [1.54, 1.807) is 17.0 Å². The van der Waals surface area contributed by atoms with Crippen molar-refractivity contribution >= 4 is 35.0 Å². The van der Waals surface area contributed by atoms with Crippen LogP contribution in [-0.2, 0) is 11.2 Å². The maximum Gasteiger partial charge on any atom is 0.255 e. The van der Waals surface area contributed by atoms with Crippen LogP contribution < -0.4 is 5.32 Å². The first-order valence-electron chi connectivity index (χ1n) is 8.71. The smallest absolute Gasteiger partial charge is 0.255 e. The molecule has 0 spiro atoms. The van der Waals surface area contributed by atoms with E-state index < -0.39 is 11.7 Å². The molecule has 1 saturated heterocycles. The van der Waals surface area contributed by atoms with Gasteiger partial charge in [-0.15, -0.1) is 0 Å². The minimum atomic E-state index is -0.643. The fraction of sp³-hybridized carbons (Fsp3) is 0.300. The number of piperidine rings is 1. The Hall–Kier alpha value is -2.11. The van der Waals surface area contributed by atoms with Crippen LogP contribution >= 0.6 is 23.2 Å². The third kappa shape index (κ3) is 4.99. The van der Waals surface area contributed by atoms with Gasteiger partial charge in [-0.05, 0) is 42.7 Å². The van der Waals surface area contributed by atoms with Gasteiger partial charge in [0.2, 0.25) is 5.91 Å². The summed E-state index contributed by atoms with van der Waals surface area (Å²) in [5, 5.41) is 3.54. The average molecular weight is 409 g/mol. The molecule has 2 aromatic carbocycles. The number of halogens is 3. The summed E-state index contributed by atoms with van der Waals surface area (Å²) in [4.78, 5) is 26.5. The maximum atomic E-state index is 13.8. The van der Waals surface area contributed by atoms with Gasteiger partial charge in [0.25, 0.3) is 5.91 Å². The fourth-order valence-electron chi connectivity index (χ4n) is 3.13. The molecule has 0 unspecified atom stereocenters. The van der Waals surface area contributed by atoms with Gasteiger partial charge < -0.3 is 10.2 Å². The van der Waals surface area contributed by atoms with Gasteiger partial charge in [-0.2, -0.15) is 0 Å². The Morgan fingerprint density at radius 3 is 2.37 bits per heavy atom. The molecule has 0 bridgehead atoms. The van der Waals surface area contributed by atoms with E-state index in [-0.39, 0.29) is 22.5 Å². The Kier molecular flexibility index (Phi) is 6.34. The number of rotatable bonds is 4. The van der Waals surface area contributed by atoms with Gasteiger partial charge in [-0.25, -0.2) is 4.39 Å². The molecule has 7 heteroatoms. The van der Waals surface area contributed by atoms with E-state index in [0.29, 0.717) is 37.4 Å². The fourth-order valence-corrected chi connectivity index (χ4v) is 3.51. The highest BCUT2D eigenvalue weighted by atomic mass is 35.5. The van der Waals surface area contributed by atoms with Gasteiger partial charge in [0, 0.05) is 24.2 Å². The molecule has 2 aromatic rings. The summed E-state index contributed by atoms with van der Waals surface area (Å²) >= 11 is 11.8. The standard InChI is InChI=1S/C20H19Cl2FN2O2/c21-14-6-4-13(5-7-14)12-18(26)25-10-8-15(9-11-25)24-20(27)19-16(22)2-1-3-17(19)23/h1-7,15H,8-12H2,(H,24,27). The molecule has 1 aliphatic heterocycles. The number of likely N-dealkylation sites (tertiary alicyclic amines) is 1. The number of benzene rings is 2. The molecule has 1 aliphatic rings. The van der Waals surface area contributed by atoms with Crippen LogP contribution in [-0.4, -0.2) is 35.8 Å². The summed E-state index contributed by atoms with van der Waals surface area (Å²) in [6.45, 7) is 1.09. The third-order valence-electron chi connectivity index (χ3n) is 4.64. The Morgan fingerprint density at radius 2 is 1.74 bits per heavy atom. The molecule has 1 N–H and O–H groups in total. The second-order valence-corrected chi connectivity index (χ2v) is 7.37. The van der Waals surface area contributed by atoms with Crippen molar-refractivity contribution in [2.24, 2.45) is 0 Å². The van der Waals surface area contributed by atoms with Crippen LogP contribution in [0.2, 0.25) is 10.0 Å². The Labute approximate surface area is 167 Å². The summed E-state index contributed by atoms with van der Waals surface area (Å²) in [6, 6.07) is 11.2. The molecule has 27 heavy (non-hydrogen) atoms. The quantitative estimate of drug-likeness (QED) is 0.827. The summed E-state index contributed by atoms with van der Waals surface area (Å²) in [5.41, 5.74) is 0.773. The first-order chi connectivity index (χ1) is 12.9. The average Bonchev–Trinajstić information content (AvgIpc) is 2.64. The predicted octanol–water partition coefficient (Wildman–Crippen LogP) is 4.10. The van der Waals surface area contributed by atoms with E-state index >= 15 is 0 Å². The molecule has 0 aromatic heterocycles. The highest BCUT2D eigenvalue weighted by molar-refractivity contribution is 6.33. The first-order valence-corrected chi connectivity index (χ1v) is 9.46. The minimum absolute atomic E-state index is 0.0410. The van der Waals surface area contributed by atoms with Crippen LogP contribution in [0, 0.1) is 5.82 Å². The van der Waals surface area contributed by atoms with E-state index in [9.17, 15) is 14.0 Å². The number of carbonyl (C=O) groups is 2. The van der Waals surface area contributed by atoms with Gasteiger partial charge in [-0.1, -0.05) is 41.4 Å². The number of nitrogens with one attached hydrogen (secondary N) is 1. The number of hydrogen-bond acceptors (Lipinski definition) is 2. The Bertz CT molecular complexity index is 814. The van der Waals surface area contributed by atoms with Crippen LogP contribution in [0.15, 0.2) is 42.5 Å². The summed E-state index contributed by atoms with van der Waals surface area (Å²) < 4.78 is 13.8. The predicted molar refractivity (Wildman–Crippen MR) is 104 cm³/mol. The van der Waals surface area contributed by atoms with E-state index in [1.807, 2.05) is 12.1 Å². The second-order valence-electron chi connectivity index (χ2n) is 6.53. The number of nitrogens with zero attached hydrogens (tertiary/aromatic N) is 1. The van der Waals surface area contributed by atoms with E-state index in [2.05, 4.69) is 5.32 Å². The number of hydrogen-bond donors (Lipinski definition) is 1. The third-order valence-corrected chi connectivity index (χ3v) is 5.21. The SMILES string of the molecule is O=C(NC1CCN(C(=O)Cc2ccc(Cl)cc2)CC1)c1c(F)cccc1Cl. The van der Waals surface area contributed by atoms with Crippen molar-refractivity contribution in [1.29, 1.82) is 0 Å². The molecule has 2 amide bonds. The second kappa shape index (κ2) is 8.72. The molecule has 0 radical (unpaired) electrons. The lowest BCUT2D eigenvalue weighted by atomic mass is 10.0. The van der Waals surface area contributed by atoms with Crippen molar-refractivity contribution in [1.82, 2.24) is 10.2 Å². The zero-order valence-corrected chi connectivity index (χ0v) is 16.1. The van der Waals surface area contributed by atoms with Crippen LogP contribution in [0.5, 0.6) is 0 Å². The van der Waals surface area contributed by atoms with Crippen LogP contribution in [0.1, 0.15) is 28.8 Å². The zero-order valence-electron chi connectivity index (χ0n) is 14.6. The number of carbonyl (C=O) groups excluding carboxylic acids is 2. The van der Waals surface area contributed by atoms with Crippen molar-refractivity contribution in [3.8, 4) is 0 Å². The minimum Gasteiger partial charge on any atom is -0.349 e. The molecule has 0 aliphatic carbocycles. The molecular formula is C20H19Cl2FN2O2. The summed E-state index contributed by atoms with van der Waals surface area (Å²) in [6.07, 6.45) is 1.55. The lowest BCUT2D eigenvalue weighted by Crippen LogP contribution is -2.47. The normalized spacial score (nSPS) is 14.9. The van der Waals surface area contributed by atoms with Crippen LogP contribution in [0.25, 0.3) is 0 Å². The monoisotopic (exact) mass is 408 g/mol. The van der Waals surface area contributed by atoms with Gasteiger partial charge in [0.05, 0.1) is 17.0 Å². The zero-order chi connectivity index (χ0) is 19.4. The number of amides is 2. The van der Waals surface area contributed by atoms with Gasteiger partial charge in [0.1, 0.15) is 5.82 Å². The largest absolute Gasteiger partial charge is 0.349 e. The van der Waals surface area contributed by atoms with E-state index in [4.69, 9.17) is 23.2 Å². The Balaban J connectivity index is 1.52. The lowest BCUT2D eigenvalue weighted by molar-refractivity contribution is -0.131. The van der Waals surface area contributed by atoms with E-state index in [1.165, 1.54) is 18.2 Å². The molecule has 4 nitrogen and oxygen atoms in total. The summed E-state index contributed by atoms with van der Waals surface area (Å²) in [7, 11) is 0. The molecule has 1 heterocycles. The highest BCUT2D eigenvalue weighted by Crippen LogP contribution is 2.20. The van der Waals surface area contributed by atoms with Gasteiger partial charge >= 0.3 is 0 Å². The molecule has 142 valence electrons. The molecular weight excluding hydrogens is 390 g/mol. The van der Waals surface area contributed by atoms with Crippen molar-refractivity contribution in [3.63, 3.8) is 0 Å².